The number of benzene rings is 1. The quantitative estimate of drug-likeness (QED) is 0.602. The van der Waals surface area contributed by atoms with Gasteiger partial charge in [0.2, 0.25) is 0 Å². The second-order valence-electron chi connectivity index (χ2n) is 4.00. The summed E-state index contributed by atoms with van der Waals surface area (Å²) in [6.07, 6.45) is -0.645. The number of nitro groups is 1. The lowest BCUT2D eigenvalue weighted by Crippen LogP contribution is -2.27. The largest absolute Gasteiger partial charge is 0.478 e. The Morgan fingerprint density at radius 2 is 2.17 bits per heavy atom. The number of aliphatic hydroxyl groups excluding tert-OH is 1. The third-order valence-electron chi connectivity index (χ3n) is 2.37. The fraction of sp³-hybridized carbons (Fsp3) is 0.364. The van der Waals surface area contributed by atoms with Crippen LogP contribution in [0.25, 0.3) is 0 Å². The Morgan fingerprint density at radius 1 is 1.56 bits per heavy atom. The Kier molecular flexibility index (Phi) is 4.22. The minimum atomic E-state index is -1.22. The van der Waals surface area contributed by atoms with Crippen LogP contribution in [0.4, 0.5) is 11.4 Å². The number of aromatic carboxylic acids is 1. The average Bonchev–Trinajstić information content (AvgIpc) is 2.26. The summed E-state index contributed by atoms with van der Waals surface area (Å²) in [7, 11) is 1.59. The molecule has 98 valence electrons. The molecule has 0 bridgehead atoms. The molecule has 0 aliphatic carbocycles. The van der Waals surface area contributed by atoms with Crippen molar-refractivity contribution < 1.29 is 19.9 Å². The van der Waals surface area contributed by atoms with Crippen molar-refractivity contribution in [3.8, 4) is 0 Å². The van der Waals surface area contributed by atoms with Gasteiger partial charge in [-0.1, -0.05) is 0 Å². The number of aliphatic hydroxyl groups is 1. The van der Waals surface area contributed by atoms with Crippen LogP contribution in [0.1, 0.15) is 17.3 Å². The molecule has 1 aromatic rings. The maximum Gasteiger partial charge on any atom is 0.335 e. The molecule has 0 heterocycles. The molecule has 0 saturated carbocycles. The summed E-state index contributed by atoms with van der Waals surface area (Å²) in [4.78, 5) is 22.5. The van der Waals surface area contributed by atoms with Crippen molar-refractivity contribution in [1.29, 1.82) is 0 Å². The summed E-state index contributed by atoms with van der Waals surface area (Å²) in [5, 5.41) is 29.0. The smallest absolute Gasteiger partial charge is 0.335 e. The molecule has 1 aromatic carbocycles. The van der Waals surface area contributed by atoms with Gasteiger partial charge in [0.05, 0.1) is 16.6 Å². The molecule has 2 N–H and O–H groups in total. The zero-order valence-corrected chi connectivity index (χ0v) is 10.0. The van der Waals surface area contributed by atoms with Crippen LogP contribution in [0, 0.1) is 10.1 Å². The molecule has 0 aliphatic heterocycles. The fourth-order valence-electron chi connectivity index (χ4n) is 1.62. The molecule has 1 rings (SSSR count). The summed E-state index contributed by atoms with van der Waals surface area (Å²) in [6, 6.07) is 3.67. The van der Waals surface area contributed by atoms with Crippen molar-refractivity contribution in [2.45, 2.75) is 13.0 Å². The van der Waals surface area contributed by atoms with E-state index >= 15 is 0 Å². The van der Waals surface area contributed by atoms with E-state index in [2.05, 4.69) is 0 Å². The van der Waals surface area contributed by atoms with Gasteiger partial charge in [0.15, 0.2) is 0 Å². The molecule has 0 aromatic heterocycles. The number of hydrogen-bond donors (Lipinski definition) is 2. The summed E-state index contributed by atoms with van der Waals surface area (Å²) < 4.78 is 0. The van der Waals surface area contributed by atoms with Crippen molar-refractivity contribution in [3.05, 3.63) is 33.9 Å². The lowest BCUT2D eigenvalue weighted by Gasteiger charge is -2.20. The van der Waals surface area contributed by atoms with Crippen molar-refractivity contribution in [2.75, 3.05) is 18.5 Å². The predicted molar refractivity (Wildman–Crippen MR) is 65.0 cm³/mol. The zero-order chi connectivity index (χ0) is 13.9. The van der Waals surface area contributed by atoms with Crippen LogP contribution >= 0.6 is 0 Å². The zero-order valence-electron chi connectivity index (χ0n) is 10.0. The first kappa shape index (κ1) is 13.9. The van der Waals surface area contributed by atoms with Gasteiger partial charge in [0.25, 0.3) is 5.69 Å². The van der Waals surface area contributed by atoms with Gasteiger partial charge in [-0.05, 0) is 19.1 Å². The number of carboxylic acid groups (broad SMARTS) is 1. The SMILES string of the molecule is CC(O)CN(C)c1ccc(C(=O)O)cc1[N+](=O)[O-]. The lowest BCUT2D eigenvalue weighted by atomic mass is 10.1. The van der Waals surface area contributed by atoms with Crippen molar-refractivity contribution >= 4 is 17.3 Å². The Labute approximate surface area is 103 Å². The Hall–Kier alpha value is -2.15. The molecular formula is C11H14N2O5. The number of hydrogen-bond acceptors (Lipinski definition) is 5. The molecule has 1 atom stereocenters. The topological polar surface area (TPSA) is 104 Å². The molecule has 0 fully saturated rings. The van der Waals surface area contributed by atoms with Crippen LogP contribution in [0.3, 0.4) is 0 Å². The number of likely N-dealkylation sites (N-methyl/N-ethyl adjacent to an activating group) is 1. The van der Waals surface area contributed by atoms with E-state index in [9.17, 15) is 20.0 Å². The number of anilines is 1. The van der Waals surface area contributed by atoms with Crippen LogP contribution < -0.4 is 4.90 Å². The average molecular weight is 254 g/mol. The molecule has 1 unspecified atom stereocenters. The fourth-order valence-corrected chi connectivity index (χ4v) is 1.62. The van der Waals surface area contributed by atoms with Crippen LogP contribution in [0.15, 0.2) is 18.2 Å². The Balaban J connectivity index is 3.19. The highest BCUT2D eigenvalue weighted by Gasteiger charge is 2.20. The molecule has 7 nitrogen and oxygen atoms in total. The second-order valence-corrected chi connectivity index (χ2v) is 4.00. The molecule has 0 aliphatic rings. The van der Waals surface area contributed by atoms with Gasteiger partial charge in [-0.2, -0.15) is 0 Å². The molecule has 0 spiro atoms. The van der Waals surface area contributed by atoms with Crippen LogP contribution in [-0.2, 0) is 0 Å². The van der Waals surface area contributed by atoms with Gasteiger partial charge in [-0.15, -0.1) is 0 Å². The van der Waals surface area contributed by atoms with Crippen molar-refractivity contribution in [1.82, 2.24) is 0 Å². The molecule has 0 amide bonds. The van der Waals surface area contributed by atoms with Crippen LogP contribution in [-0.4, -0.2) is 40.8 Å². The second kappa shape index (κ2) is 5.46. The molecule has 0 saturated heterocycles. The highest BCUT2D eigenvalue weighted by molar-refractivity contribution is 5.89. The summed E-state index contributed by atoms with van der Waals surface area (Å²) >= 11 is 0. The van der Waals surface area contributed by atoms with Crippen LogP contribution in [0.2, 0.25) is 0 Å². The van der Waals surface area contributed by atoms with E-state index < -0.39 is 17.0 Å². The van der Waals surface area contributed by atoms with Gasteiger partial charge in [-0.3, -0.25) is 10.1 Å². The highest BCUT2D eigenvalue weighted by Crippen LogP contribution is 2.28. The maximum absolute atomic E-state index is 10.9. The number of carbonyl (C=O) groups is 1. The van der Waals surface area contributed by atoms with E-state index in [1.165, 1.54) is 17.0 Å². The first-order valence-electron chi connectivity index (χ1n) is 5.24. The number of rotatable bonds is 5. The number of carboxylic acids is 1. The van der Waals surface area contributed by atoms with Crippen LogP contribution in [0.5, 0.6) is 0 Å². The summed E-state index contributed by atoms with van der Waals surface area (Å²) in [6.45, 7) is 1.78. The van der Waals surface area contributed by atoms with E-state index in [1.807, 2.05) is 0 Å². The monoisotopic (exact) mass is 254 g/mol. The summed E-state index contributed by atoms with van der Waals surface area (Å²) in [5.41, 5.74) is -0.167. The van der Waals surface area contributed by atoms with Gasteiger partial charge >= 0.3 is 5.97 Å². The standard InChI is InChI=1S/C11H14N2O5/c1-7(14)6-12(2)9-4-3-8(11(15)16)5-10(9)13(17)18/h3-5,7,14H,6H2,1-2H3,(H,15,16). The van der Waals surface area contributed by atoms with E-state index in [0.29, 0.717) is 0 Å². The molecule has 18 heavy (non-hydrogen) atoms. The third kappa shape index (κ3) is 3.17. The number of nitro benzene ring substituents is 1. The predicted octanol–water partition coefficient (Wildman–Crippen LogP) is 1.11. The number of nitrogens with zero attached hydrogens (tertiary/aromatic N) is 2. The van der Waals surface area contributed by atoms with E-state index in [4.69, 9.17) is 5.11 Å². The van der Waals surface area contributed by atoms with E-state index in [-0.39, 0.29) is 23.5 Å². The maximum atomic E-state index is 10.9. The normalized spacial score (nSPS) is 11.9. The molecular weight excluding hydrogens is 240 g/mol. The minimum absolute atomic E-state index is 0.143. The first-order chi connectivity index (χ1) is 8.32. The summed E-state index contributed by atoms with van der Waals surface area (Å²) in [5.74, 6) is -1.22. The highest BCUT2D eigenvalue weighted by atomic mass is 16.6. The molecule has 0 radical (unpaired) electrons. The van der Waals surface area contributed by atoms with Gasteiger partial charge in [0, 0.05) is 19.7 Å². The lowest BCUT2D eigenvalue weighted by molar-refractivity contribution is -0.384. The first-order valence-corrected chi connectivity index (χ1v) is 5.24. The van der Waals surface area contributed by atoms with Gasteiger partial charge in [-0.25, -0.2) is 4.79 Å². The third-order valence-corrected chi connectivity index (χ3v) is 2.37. The van der Waals surface area contributed by atoms with Crippen molar-refractivity contribution in [2.24, 2.45) is 0 Å². The van der Waals surface area contributed by atoms with Crippen molar-refractivity contribution in [3.63, 3.8) is 0 Å². The van der Waals surface area contributed by atoms with Gasteiger partial charge < -0.3 is 15.1 Å². The van der Waals surface area contributed by atoms with E-state index in [0.717, 1.165) is 6.07 Å². The Bertz CT molecular complexity index is 473. The molecule has 7 heteroatoms. The van der Waals surface area contributed by atoms with E-state index in [1.54, 1.807) is 14.0 Å². The Morgan fingerprint density at radius 3 is 2.61 bits per heavy atom. The minimum Gasteiger partial charge on any atom is -0.478 e. The van der Waals surface area contributed by atoms with Gasteiger partial charge in [0.1, 0.15) is 5.69 Å².